The molecule has 0 radical (unpaired) electrons. The summed E-state index contributed by atoms with van der Waals surface area (Å²) in [6.45, 7) is 2.02. The molecule has 2 nitrogen and oxygen atoms in total. The van der Waals surface area contributed by atoms with Gasteiger partial charge in [0.15, 0.2) is 0 Å². The highest BCUT2D eigenvalue weighted by molar-refractivity contribution is 6.33. The molecular formula is C18H15ClO2. The quantitative estimate of drug-likeness (QED) is 0.629. The molecule has 0 saturated heterocycles. The molecule has 0 bridgehead atoms. The summed E-state index contributed by atoms with van der Waals surface area (Å²) in [6.07, 6.45) is 0. The van der Waals surface area contributed by atoms with Crippen LogP contribution in [-0.4, -0.2) is 7.11 Å². The summed E-state index contributed by atoms with van der Waals surface area (Å²) >= 11 is 6.33. The fourth-order valence-electron chi connectivity index (χ4n) is 2.30. The van der Waals surface area contributed by atoms with Crippen molar-refractivity contribution in [3.8, 4) is 28.4 Å². The number of aryl methyl sites for hydroxylation is 1. The summed E-state index contributed by atoms with van der Waals surface area (Å²) in [5.74, 6) is 2.37. The Balaban J connectivity index is 2.06. The summed E-state index contributed by atoms with van der Waals surface area (Å²) < 4.78 is 11.2. The van der Waals surface area contributed by atoms with Crippen molar-refractivity contribution < 1.29 is 9.15 Å². The van der Waals surface area contributed by atoms with Crippen LogP contribution in [0.25, 0.3) is 22.6 Å². The predicted molar refractivity (Wildman–Crippen MR) is 85.9 cm³/mol. The van der Waals surface area contributed by atoms with E-state index in [-0.39, 0.29) is 0 Å². The van der Waals surface area contributed by atoms with E-state index in [1.165, 1.54) is 0 Å². The maximum absolute atomic E-state index is 6.33. The van der Waals surface area contributed by atoms with Gasteiger partial charge in [-0.05, 0) is 36.8 Å². The average molecular weight is 299 g/mol. The van der Waals surface area contributed by atoms with Gasteiger partial charge >= 0.3 is 0 Å². The molecule has 0 unspecified atom stereocenters. The van der Waals surface area contributed by atoms with Gasteiger partial charge in [0.05, 0.1) is 12.1 Å². The van der Waals surface area contributed by atoms with Gasteiger partial charge in [0.2, 0.25) is 0 Å². The summed E-state index contributed by atoms with van der Waals surface area (Å²) in [5.41, 5.74) is 2.98. The number of hydrogen-bond acceptors (Lipinski definition) is 2. The van der Waals surface area contributed by atoms with E-state index in [2.05, 4.69) is 0 Å². The summed E-state index contributed by atoms with van der Waals surface area (Å²) in [7, 11) is 1.62. The van der Waals surface area contributed by atoms with Gasteiger partial charge in [0.25, 0.3) is 0 Å². The predicted octanol–water partition coefficient (Wildman–Crippen LogP) is 5.58. The first-order chi connectivity index (χ1) is 10.2. The van der Waals surface area contributed by atoms with Crippen molar-refractivity contribution in [2.24, 2.45) is 0 Å². The van der Waals surface area contributed by atoms with E-state index in [0.717, 1.165) is 34.0 Å². The number of furan rings is 1. The minimum Gasteiger partial charge on any atom is -0.497 e. The monoisotopic (exact) mass is 298 g/mol. The Morgan fingerprint density at radius 3 is 2.43 bits per heavy atom. The van der Waals surface area contributed by atoms with Crippen molar-refractivity contribution in [1.82, 2.24) is 0 Å². The lowest BCUT2D eigenvalue weighted by Crippen LogP contribution is -1.84. The second-order valence-corrected chi connectivity index (χ2v) is 5.24. The minimum absolute atomic E-state index is 0.617. The van der Waals surface area contributed by atoms with E-state index in [4.69, 9.17) is 20.8 Å². The zero-order chi connectivity index (χ0) is 14.8. The van der Waals surface area contributed by atoms with Crippen LogP contribution in [0.5, 0.6) is 5.75 Å². The molecule has 3 heteroatoms. The maximum atomic E-state index is 6.33. The summed E-state index contributed by atoms with van der Waals surface area (Å²) in [5, 5.41) is 0.617. The lowest BCUT2D eigenvalue weighted by Gasteiger charge is -2.05. The number of methoxy groups -OCH3 is 1. The van der Waals surface area contributed by atoms with E-state index < -0.39 is 0 Å². The number of ether oxygens (including phenoxy) is 1. The van der Waals surface area contributed by atoms with Gasteiger partial charge in [-0.15, -0.1) is 0 Å². The molecule has 0 aliphatic heterocycles. The normalized spacial score (nSPS) is 10.6. The molecule has 0 amide bonds. The van der Waals surface area contributed by atoms with E-state index in [0.29, 0.717) is 5.02 Å². The van der Waals surface area contributed by atoms with Gasteiger partial charge in [0.1, 0.15) is 17.3 Å². The van der Waals surface area contributed by atoms with Crippen LogP contribution >= 0.6 is 11.6 Å². The Hall–Kier alpha value is -2.19. The lowest BCUT2D eigenvalue weighted by atomic mass is 10.1. The first kappa shape index (κ1) is 13.8. The summed E-state index contributed by atoms with van der Waals surface area (Å²) in [6, 6.07) is 17.6. The highest BCUT2D eigenvalue weighted by atomic mass is 35.5. The average Bonchev–Trinajstić information content (AvgIpc) is 2.90. The van der Waals surface area contributed by atoms with Crippen molar-refractivity contribution in [2.45, 2.75) is 6.92 Å². The molecular weight excluding hydrogens is 284 g/mol. The molecule has 1 aromatic heterocycles. The molecule has 0 atom stereocenters. The molecule has 21 heavy (non-hydrogen) atoms. The highest BCUT2D eigenvalue weighted by Gasteiger charge is 2.14. The Labute approximate surface area is 128 Å². The third kappa shape index (κ3) is 2.67. The zero-order valence-electron chi connectivity index (χ0n) is 11.9. The van der Waals surface area contributed by atoms with Gasteiger partial charge in [-0.25, -0.2) is 0 Å². The first-order valence-corrected chi connectivity index (χ1v) is 7.06. The molecule has 0 spiro atoms. The van der Waals surface area contributed by atoms with Crippen LogP contribution in [0, 0.1) is 6.92 Å². The fraction of sp³-hybridized carbons (Fsp3) is 0.111. The van der Waals surface area contributed by atoms with Gasteiger partial charge in [-0.2, -0.15) is 0 Å². The van der Waals surface area contributed by atoms with Crippen molar-refractivity contribution >= 4 is 11.6 Å². The lowest BCUT2D eigenvalue weighted by molar-refractivity contribution is 0.415. The Bertz CT molecular complexity index is 760. The number of hydrogen-bond donors (Lipinski definition) is 0. The van der Waals surface area contributed by atoms with Gasteiger partial charge in [0, 0.05) is 11.1 Å². The van der Waals surface area contributed by atoms with Crippen LogP contribution in [0.1, 0.15) is 5.56 Å². The molecule has 3 aromatic rings. The van der Waals surface area contributed by atoms with E-state index in [1.807, 2.05) is 55.5 Å². The summed E-state index contributed by atoms with van der Waals surface area (Å²) in [4.78, 5) is 0. The van der Waals surface area contributed by atoms with Crippen LogP contribution in [-0.2, 0) is 0 Å². The Morgan fingerprint density at radius 1 is 1.00 bits per heavy atom. The molecule has 1 heterocycles. The molecule has 106 valence electrons. The highest BCUT2D eigenvalue weighted by Crippen LogP contribution is 2.37. The third-order valence-electron chi connectivity index (χ3n) is 3.40. The molecule has 0 aliphatic rings. The van der Waals surface area contributed by atoms with Crippen LogP contribution in [0.3, 0.4) is 0 Å². The largest absolute Gasteiger partial charge is 0.497 e. The molecule has 0 fully saturated rings. The van der Waals surface area contributed by atoms with E-state index >= 15 is 0 Å². The second kappa shape index (κ2) is 5.66. The van der Waals surface area contributed by atoms with Gasteiger partial charge in [-0.1, -0.05) is 41.9 Å². The van der Waals surface area contributed by atoms with Crippen molar-refractivity contribution in [3.05, 3.63) is 65.2 Å². The van der Waals surface area contributed by atoms with Crippen molar-refractivity contribution in [2.75, 3.05) is 7.11 Å². The standard InChI is InChI=1S/C18H15ClO2/c1-12-10-17(13-6-4-3-5-7-13)21-18(12)15-9-8-14(20-2)11-16(15)19/h3-11H,1-2H3. The second-order valence-electron chi connectivity index (χ2n) is 4.83. The molecule has 0 N–H and O–H groups in total. The number of halogens is 1. The molecule has 3 rings (SSSR count). The van der Waals surface area contributed by atoms with Crippen LogP contribution in [0.2, 0.25) is 5.02 Å². The first-order valence-electron chi connectivity index (χ1n) is 6.69. The molecule has 0 saturated carbocycles. The Kier molecular flexibility index (Phi) is 3.72. The van der Waals surface area contributed by atoms with E-state index in [9.17, 15) is 0 Å². The fourth-order valence-corrected chi connectivity index (χ4v) is 2.56. The Morgan fingerprint density at radius 2 is 1.76 bits per heavy atom. The number of rotatable bonds is 3. The molecule has 0 aliphatic carbocycles. The van der Waals surface area contributed by atoms with E-state index in [1.54, 1.807) is 13.2 Å². The van der Waals surface area contributed by atoms with Crippen LogP contribution in [0.15, 0.2) is 59.0 Å². The van der Waals surface area contributed by atoms with Crippen molar-refractivity contribution in [3.63, 3.8) is 0 Å². The topological polar surface area (TPSA) is 22.4 Å². The van der Waals surface area contributed by atoms with Crippen LogP contribution in [0.4, 0.5) is 0 Å². The maximum Gasteiger partial charge on any atom is 0.139 e. The number of benzene rings is 2. The SMILES string of the molecule is COc1ccc(-c2oc(-c3ccccc3)cc2C)c(Cl)c1. The van der Waals surface area contributed by atoms with Crippen molar-refractivity contribution in [1.29, 1.82) is 0 Å². The van der Waals surface area contributed by atoms with Gasteiger partial charge in [-0.3, -0.25) is 0 Å². The third-order valence-corrected chi connectivity index (χ3v) is 3.71. The zero-order valence-corrected chi connectivity index (χ0v) is 12.6. The van der Waals surface area contributed by atoms with Crippen LogP contribution < -0.4 is 4.74 Å². The smallest absolute Gasteiger partial charge is 0.139 e. The van der Waals surface area contributed by atoms with Gasteiger partial charge < -0.3 is 9.15 Å². The minimum atomic E-state index is 0.617. The molecule has 2 aromatic carbocycles.